The van der Waals surface area contributed by atoms with Crippen molar-refractivity contribution in [2.75, 3.05) is 6.54 Å². The third kappa shape index (κ3) is 2.70. The first-order chi connectivity index (χ1) is 9.86. The molecule has 0 atom stereocenters. The maximum atomic E-state index is 4.49. The lowest BCUT2D eigenvalue weighted by Gasteiger charge is -2.06. The summed E-state index contributed by atoms with van der Waals surface area (Å²) in [6, 6.07) is 14.8. The number of aromatic nitrogens is 3. The van der Waals surface area contributed by atoms with Crippen LogP contribution in [0.1, 0.15) is 18.3 Å². The monoisotopic (exact) mass is 266 g/mol. The zero-order valence-electron chi connectivity index (χ0n) is 11.6. The van der Waals surface area contributed by atoms with Gasteiger partial charge >= 0.3 is 0 Å². The van der Waals surface area contributed by atoms with E-state index in [2.05, 4.69) is 64.8 Å². The van der Waals surface area contributed by atoms with Crippen molar-refractivity contribution >= 4 is 10.8 Å². The fourth-order valence-electron chi connectivity index (χ4n) is 2.33. The molecule has 0 aliphatic rings. The molecule has 0 amide bonds. The van der Waals surface area contributed by atoms with Crippen LogP contribution in [0, 0.1) is 0 Å². The summed E-state index contributed by atoms with van der Waals surface area (Å²) in [5.74, 6) is 0.840. The van der Waals surface area contributed by atoms with Gasteiger partial charge in [-0.25, -0.2) is 9.67 Å². The third-order valence-electron chi connectivity index (χ3n) is 3.33. The highest BCUT2D eigenvalue weighted by Gasteiger charge is 2.04. The molecule has 2 aromatic carbocycles. The predicted molar refractivity (Wildman–Crippen MR) is 80.5 cm³/mol. The molecule has 3 rings (SSSR count). The molecule has 20 heavy (non-hydrogen) atoms. The minimum atomic E-state index is 0.721. The van der Waals surface area contributed by atoms with Crippen molar-refractivity contribution < 1.29 is 0 Å². The van der Waals surface area contributed by atoms with E-state index in [1.165, 1.54) is 16.3 Å². The summed E-state index contributed by atoms with van der Waals surface area (Å²) in [6.07, 6.45) is 1.80. The second-order valence-electron chi connectivity index (χ2n) is 4.78. The number of hydrogen-bond acceptors (Lipinski definition) is 3. The maximum Gasteiger partial charge on any atom is 0.164 e. The highest BCUT2D eigenvalue weighted by atomic mass is 15.3. The van der Waals surface area contributed by atoms with Crippen molar-refractivity contribution in [2.24, 2.45) is 0 Å². The van der Waals surface area contributed by atoms with Crippen LogP contribution in [0.15, 0.2) is 48.8 Å². The Bertz CT molecular complexity index is 697. The first-order valence-corrected chi connectivity index (χ1v) is 6.92. The second kappa shape index (κ2) is 5.84. The molecule has 0 fully saturated rings. The van der Waals surface area contributed by atoms with E-state index in [0.717, 1.165) is 25.5 Å². The molecule has 0 bridgehead atoms. The number of benzene rings is 2. The van der Waals surface area contributed by atoms with Crippen LogP contribution in [0.4, 0.5) is 0 Å². The molecule has 1 heterocycles. The van der Waals surface area contributed by atoms with Crippen molar-refractivity contribution in [1.29, 1.82) is 0 Å². The molecule has 1 N–H and O–H groups in total. The third-order valence-corrected chi connectivity index (χ3v) is 3.33. The molecule has 102 valence electrons. The molecule has 4 heteroatoms. The number of nitrogens with zero attached hydrogens (tertiary/aromatic N) is 3. The summed E-state index contributed by atoms with van der Waals surface area (Å²) in [5, 5.41) is 10.3. The SMILES string of the molecule is CCNCc1ncn(Cc2cccc3ccccc23)n1. The lowest BCUT2D eigenvalue weighted by Crippen LogP contribution is -2.13. The summed E-state index contributed by atoms with van der Waals surface area (Å²) < 4.78 is 1.90. The number of nitrogens with one attached hydrogen (secondary N) is 1. The first kappa shape index (κ1) is 12.8. The number of rotatable bonds is 5. The predicted octanol–water partition coefficient (Wildman–Crippen LogP) is 2.59. The zero-order chi connectivity index (χ0) is 13.8. The van der Waals surface area contributed by atoms with Gasteiger partial charge in [-0.05, 0) is 22.9 Å². The van der Waals surface area contributed by atoms with E-state index in [4.69, 9.17) is 0 Å². The van der Waals surface area contributed by atoms with Gasteiger partial charge in [-0.1, -0.05) is 49.4 Å². The van der Waals surface area contributed by atoms with Crippen molar-refractivity contribution in [2.45, 2.75) is 20.0 Å². The normalized spacial score (nSPS) is 11.1. The van der Waals surface area contributed by atoms with E-state index in [9.17, 15) is 0 Å². The number of fused-ring (bicyclic) bond motifs is 1. The molecule has 4 nitrogen and oxygen atoms in total. The Labute approximate surface area is 118 Å². The van der Waals surface area contributed by atoms with Gasteiger partial charge in [0.2, 0.25) is 0 Å². The average molecular weight is 266 g/mol. The van der Waals surface area contributed by atoms with Gasteiger partial charge in [0.15, 0.2) is 5.82 Å². The summed E-state index contributed by atoms with van der Waals surface area (Å²) in [7, 11) is 0. The van der Waals surface area contributed by atoms with Gasteiger partial charge in [-0.2, -0.15) is 5.10 Å². The van der Waals surface area contributed by atoms with Gasteiger partial charge in [-0.3, -0.25) is 0 Å². The van der Waals surface area contributed by atoms with E-state index < -0.39 is 0 Å². The molecule has 0 spiro atoms. The Hall–Kier alpha value is -2.20. The van der Waals surface area contributed by atoms with Crippen molar-refractivity contribution in [3.8, 4) is 0 Å². The molecule has 3 aromatic rings. The minimum absolute atomic E-state index is 0.721. The molecule has 0 unspecified atom stereocenters. The fraction of sp³-hybridized carbons (Fsp3) is 0.250. The maximum absolute atomic E-state index is 4.49. The molecular weight excluding hydrogens is 248 g/mol. The first-order valence-electron chi connectivity index (χ1n) is 6.92. The molecule has 0 aliphatic heterocycles. The summed E-state index contributed by atoms with van der Waals surface area (Å²) in [5.41, 5.74) is 1.27. The molecule has 0 aliphatic carbocycles. The van der Waals surface area contributed by atoms with E-state index in [0.29, 0.717) is 0 Å². The zero-order valence-corrected chi connectivity index (χ0v) is 11.6. The average Bonchev–Trinajstić information content (AvgIpc) is 2.93. The van der Waals surface area contributed by atoms with E-state index >= 15 is 0 Å². The summed E-state index contributed by atoms with van der Waals surface area (Å²) >= 11 is 0. The van der Waals surface area contributed by atoms with Gasteiger partial charge in [0.05, 0.1) is 13.1 Å². The highest BCUT2D eigenvalue weighted by molar-refractivity contribution is 5.85. The quantitative estimate of drug-likeness (QED) is 0.772. The fourth-order valence-corrected chi connectivity index (χ4v) is 2.33. The van der Waals surface area contributed by atoms with Crippen LogP contribution in [0.25, 0.3) is 10.8 Å². The molecule has 0 radical (unpaired) electrons. The van der Waals surface area contributed by atoms with Crippen LogP contribution in [-0.4, -0.2) is 21.3 Å². The second-order valence-corrected chi connectivity index (χ2v) is 4.78. The van der Waals surface area contributed by atoms with Gasteiger partial charge in [-0.15, -0.1) is 0 Å². The van der Waals surface area contributed by atoms with E-state index in [1.54, 1.807) is 6.33 Å². The van der Waals surface area contributed by atoms with Crippen LogP contribution < -0.4 is 5.32 Å². The summed E-state index contributed by atoms with van der Waals surface area (Å²) in [4.78, 5) is 4.32. The molecule has 0 saturated carbocycles. The lowest BCUT2D eigenvalue weighted by molar-refractivity contribution is 0.644. The van der Waals surface area contributed by atoms with Crippen LogP contribution >= 0.6 is 0 Å². The standard InChI is InChI=1S/C16H18N4/c1-2-17-10-16-18-12-20(19-16)11-14-8-5-7-13-6-3-4-9-15(13)14/h3-9,12,17H,2,10-11H2,1H3. The molecule has 0 saturated heterocycles. The Balaban J connectivity index is 1.84. The summed E-state index contributed by atoms with van der Waals surface area (Å²) in [6.45, 7) is 4.48. The van der Waals surface area contributed by atoms with E-state index in [-0.39, 0.29) is 0 Å². The topological polar surface area (TPSA) is 42.7 Å². The Morgan fingerprint density at radius 2 is 1.95 bits per heavy atom. The largest absolute Gasteiger partial charge is 0.310 e. The lowest BCUT2D eigenvalue weighted by atomic mass is 10.0. The number of hydrogen-bond donors (Lipinski definition) is 1. The van der Waals surface area contributed by atoms with Crippen molar-refractivity contribution in [3.05, 3.63) is 60.2 Å². The Kier molecular flexibility index (Phi) is 3.74. The minimum Gasteiger partial charge on any atom is -0.310 e. The Morgan fingerprint density at radius 3 is 2.85 bits per heavy atom. The van der Waals surface area contributed by atoms with Crippen LogP contribution in [-0.2, 0) is 13.1 Å². The van der Waals surface area contributed by atoms with Crippen LogP contribution in [0.5, 0.6) is 0 Å². The van der Waals surface area contributed by atoms with Gasteiger partial charge in [0.25, 0.3) is 0 Å². The van der Waals surface area contributed by atoms with Crippen LogP contribution in [0.3, 0.4) is 0 Å². The molecular formula is C16H18N4. The highest BCUT2D eigenvalue weighted by Crippen LogP contribution is 2.19. The van der Waals surface area contributed by atoms with Gasteiger partial charge in [0.1, 0.15) is 6.33 Å². The molecule has 1 aromatic heterocycles. The van der Waals surface area contributed by atoms with Gasteiger partial charge in [0, 0.05) is 0 Å². The van der Waals surface area contributed by atoms with E-state index in [1.807, 2.05) is 4.68 Å². The van der Waals surface area contributed by atoms with Crippen molar-refractivity contribution in [3.63, 3.8) is 0 Å². The Morgan fingerprint density at radius 1 is 1.10 bits per heavy atom. The van der Waals surface area contributed by atoms with Crippen molar-refractivity contribution in [1.82, 2.24) is 20.1 Å². The van der Waals surface area contributed by atoms with Crippen LogP contribution in [0.2, 0.25) is 0 Å². The van der Waals surface area contributed by atoms with Gasteiger partial charge < -0.3 is 5.32 Å². The smallest absolute Gasteiger partial charge is 0.164 e.